The number of aldehydes is 1. The summed E-state index contributed by atoms with van der Waals surface area (Å²) in [5.41, 5.74) is 7.57. The third-order valence-corrected chi connectivity index (χ3v) is 9.12. The molecule has 0 radical (unpaired) electrons. The lowest BCUT2D eigenvalue weighted by atomic mass is 9.52. The summed E-state index contributed by atoms with van der Waals surface area (Å²) in [5.74, 6) is 2.80. The lowest BCUT2D eigenvalue weighted by Crippen LogP contribution is -2.42. The van der Waals surface area contributed by atoms with Crippen molar-refractivity contribution >= 4 is 6.29 Å². The van der Waals surface area contributed by atoms with Gasteiger partial charge in [0, 0.05) is 5.92 Å². The summed E-state index contributed by atoms with van der Waals surface area (Å²) in [6.45, 7) is 15.2. The second-order valence-corrected chi connectivity index (χ2v) is 10.6. The van der Waals surface area contributed by atoms with E-state index in [9.17, 15) is 4.79 Å². The van der Waals surface area contributed by atoms with E-state index in [4.69, 9.17) is 0 Å². The zero-order valence-electron chi connectivity index (χ0n) is 20.3. The predicted octanol–water partition coefficient (Wildman–Crippen LogP) is 8.31. The number of carbonyl (C=O) groups is 1. The Kier molecular flexibility index (Phi) is 6.75. The molecule has 0 heterocycles. The fourth-order valence-corrected chi connectivity index (χ4v) is 7.39. The van der Waals surface area contributed by atoms with Crippen LogP contribution in [0, 0.1) is 23.2 Å². The molecule has 3 aliphatic rings. The van der Waals surface area contributed by atoms with Gasteiger partial charge in [-0.15, -0.1) is 13.2 Å². The van der Waals surface area contributed by atoms with Crippen LogP contribution in [0.15, 0.2) is 72.4 Å². The van der Waals surface area contributed by atoms with Crippen molar-refractivity contribution in [1.82, 2.24) is 0 Å². The summed E-state index contributed by atoms with van der Waals surface area (Å²) in [5, 5.41) is 0. The number of benzene rings is 1. The second-order valence-electron chi connectivity index (χ2n) is 10.6. The summed E-state index contributed by atoms with van der Waals surface area (Å²) in [6.07, 6.45) is 15.4. The Labute approximate surface area is 195 Å². The quantitative estimate of drug-likeness (QED) is 0.242. The molecule has 1 nitrogen and oxygen atoms in total. The van der Waals surface area contributed by atoms with Crippen molar-refractivity contribution in [3.63, 3.8) is 0 Å². The van der Waals surface area contributed by atoms with Gasteiger partial charge in [-0.25, -0.2) is 0 Å². The molecule has 1 aromatic rings. The first-order valence-electron chi connectivity index (χ1n) is 12.7. The maximum Gasteiger partial charge on any atom is 0.143 e. The van der Waals surface area contributed by atoms with Crippen molar-refractivity contribution in [2.45, 2.75) is 77.6 Å². The molecule has 2 saturated carbocycles. The van der Waals surface area contributed by atoms with Gasteiger partial charge in [0.15, 0.2) is 0 Å². The van der Waals surface area contributed by atoms with E-state index in [0.29, 0.717) is 29.1 Å². The van der Waals surface area contributed by atoms with Gasteiger partial charge in [0.1, 0.15) is 6.29 Å². The van der Waals surface area contributed by atoms with E-state index >= 15 is 0 Å². The van der Waals surface area contributed by atoms with Crippen molar-refractivity contribution < 1.29 is 4.79 Å². The Morgan fingerprint density at radius 1 is 1.16 bits per heavy atom. The highest BCUT2D eigenvalue weighted by Crippen LogP contribution is 2.65. The molecule has 0 bridgehead atoms. The van der Waals surface area contributed by atoms with Crippen LogP contribution in [0.2, 0.25) is 0 Å². The number of fused-ring (bicyclic) bond motifs is 3. The molecular formula is C31H40O. The molecule has 0 aromatic heterocycles. The Hall–Kier alpha value is -2.15. The van der Waals surface area contributed by atoms with Crippen molar-refractivity contribution in [3.8, 4) is 0 Å². The van der Waals surface area contributed by atoms with Crippen LogP contribution >= 0.6 is 0 Å². The van der Waals surface area contributed by atoms with Gasteiger partial charge in [0.05, 0.1) is 0 Å². The molecule has 1 aromatic carbocycles. The Morgan fingerprint density at radius 3 is 2.53 bits per heavy atom. The first-order chi connectivity index (χ1) is 15.5. The summed E-state index contributed by atoms with van der Waals surface area (Å²) >= 11 is 0. The lowest BCUT2D eigenvalue weighted by Gasteiger charge is -2.52. The molecule has 4 rings (SSSR count). The van der Waals surface area contributed by atoms with Crippen molar-refractivity contribution in [2.24, 2.45) is 23.2 Å². The van der Waals surface area contributed by atoms with Gasteiger partial charge in [-0.2, -0.15) is 0 Å². The van der Waals surface area contributed by atoms with Gasteiger partial charge in [0.25, 0.3) is 0 Å². The van der Waals surface area contributed by atoms with E-state index in [-0.39, 0.29) is 0 Å². The molecule has 0 amide bonds. The standard InChI is InChI=1S/C31H40O/c1-6-9-26-24(18-19-32)14-16-27-29-17-15-25(8-3)31(29,5)20-28(30(26)27)23-12-10-22(11-13-23)21(4)7-2/h7-8,10-13,18-19,21,25,27-29H,2-3,6,9,14-17,20H2,1,4-5H3/b24-18-. The average Bonchev–Trinajstić information content (AvgIpc) is 3.15. The van der Waals surface area contributed by atoms with Crippen LogP contribution in [0.1, 0.15) is 88.7 Å². The van der Waals surface area contributed by atoms with Gasteiger partial charge >= 0.3 is 0 Å². The molecule has 0 N–H and O–H groups in total. The normalized spacial score (nSPS) is 34.0. The first-order valence-corrected chi connectivity index (χ1v) is 12.7. The minimum atomic E-state index is 0.316. The number of hydrogen-bond donors (Lipinski definition) is 0. The first kappa shape index (κ1) is 23.0. The van der Waals surface area contributed by atoms with Crippen LogP contribution in [0.5, 0.6) is 0 Å². The third kappa shape index (κ3) is 3.78. The van der Waals surface area contributed by atoms with Crippen LogP contribution in [-0.2, 0) is 4.79 Å². The molecule has 0 saturated heterocycles. The minimum absolute atomic E-state index is 0.316. The fourth-order valence-electron chi connectivity index (χ4n) is 7.39. The van der Waals surface area contributed by atoms with E-state index in [1.807, 2.05) is 12.2 Å². The largest absolute Gasteiger partial charge is 0.299 e. The van der Waals surface area contributed by atoms with E-state index in [1.165, 1.54) is 48.0 Å². The zero-order chi connectivity index (χ0) is 22.9. The van der Waals surface area contributed by atoms with Crippen molar-refractivity contribution in [1.29, 1.82) is 0 Å². The van der Waals surface area contributed by atoms with Gasteiger partial charge < -0.3 is 0 Å². The molecule has 0 aliphatic heterocycles. The molecular weight excluding hydrogens is 388 g/mol. The highest BCUT2D eigenvalue weighted by Gasteiger charge is 2.55. The summed E-state index contributed by atoms with van der Waals surface area (Å²) in [6, 6.07) is 9.34. The van der Waals surface area contributed by atoms with Gasteiger partial charge in [0.2, 0.25) is 0 Å². The van der Waals surface area contributed by atoms with E-state index in [1.54, 1.807) is 5.57 Å². The van der Waals surface area contributed by atoms with Crippen molar-refractivity contribution in [3.05, 3.63) is 83.5 Å². The highest BCUT2D eigenvalue weighted by molar-refractivity contribution is 5.69. The summed E-state index contributed by atoms with van der Waals surface area (Å²) in [4.78, 5) is 11.5. The average molecular weight is 429 g/mol. The topological polar surface area (TPSA) is 17.1 Å². The zero-order valence-corrected chi connectivity index (χ0v) is 20.3. The monoisotopic (exact) mass is 428 g/mol. The maximum atomic E-state index is 11.5. The lowest BCUT2D eigenvalue weighted by molar-refractivity contribution is -0.104. The summed E-state index contributed by atoms with van der Waals surface area (Å²) < 4.78 is 0. The second kappa shape index (κ2) is 9.38. The molecule has 0 spiro atoms. The molecule has 170 valence electrons. The highest BCUT2D eigenvalue weighted by atomic mass is 16.1. The summed E-state index contributed by atoms with van der Waals surface area (Å²) in [7, 11) is 0. The van der Waals surface area contributed by atoms with Crippen LogP contribution < -0.4 is 0 Å². The molecule has 6 unspecified atom stereocenters. The number of rotatable bonds is 7. The van der Waals surface area contributed by atoms with E-state index < -0.39 is 0 Å². The van der Waals surface area contributed by atoms with E-state index in [2.05, 4.69) is 64.3 Å². The number of allylic oxidation sites excluding steroid dienone is 6. The van der Waals surface area contributed by atoms with Crippen molar-refractivity contribution in [2.75, 3.05) is 0 Å². The molecule has 3 aliphatic carbocycles. The Bertz CT molecular complexity index is 930. The Morgan fingerprint density at radius 2 is 1.91 bits per heavy atom. The van der Waals surface area contributed by atoms with Crippen LogP contribution in [0.3, 0.4) is 0 Å². The number of hydrogen-bond acceptors (Lipinski definition) is 1. The SMILES string of the molecule is C=CC(C)c1ccc(C2CC3(C)C(C=C)CCC3C3CC/C(=C/C=O)C(CCC)=C23)cc1. The molecule has 6 atom stereocenters. The predicted molar refractivity (Wildman–Crippen MR) is 136 cm³/mol. The molecule has 1 heteroatoms. The smallest absolute Gasteiger partial charge is 0.143 e. The third-order valence-electron chi connectivity index (χ3n) is 9.12. The minimum Gasteiger partial charge on any atom is -0.299 e. The van der Waals surface area contributed by atoms with Crippen LogP contribution in [0.4, 0.5) is 0 Å². The van der Waals surface area contributed by atoms with E-state index in [0.717, 1.165) is 31.5 Å². The number of carbonyl (C=O) groups excluding carboxylic acids is 1. The van der Waals surface area contributed by atoms with Crippen LogP contribution in [0.25, 0.3) is 0 Å². The fraction of sp³-hybridized carbons (Fsp3) is 0.516. The molecule has 2 fully saturated rings. The van der Waals surface area contributed by atoms with Gasteiger partial charge in [-0.1, -0.05) is 69.2 Å². The molecule has 32 heavy (non-hydrogen) atoms. The van der Waals surface area contributed by atoms with Gasteiger partial charge in [-0.05, 0) is 96.0 Å². The van der Waals surface area contributed by atoms with Crippen LogP contribution in [-0.4, -0.2) is 6.29 Å². The maximum absolute atomic E-state index is 11.5. The Balaban J connectivity index is 1.86. The van der Waals surface area contributed by atoms with Gasteiger partial charge in [-0.3, -0.25) is 4.79 Å².